The van der Waals surface area contributed by atoms with Gasteiger partial charge in [0.2, 0.25) is 5.91 Å². The molecule has 0 saturated carbocycles. The molecule has 2 atom stereocenters. The molecule has 0 aromatic heterocycles. The summed E-state index contributed by atoms with van der Waals surface area (Å²) in [5, 5.41) is 2.79. The monoisotopic (exact) mass is 279 g/mol. The third-order valence-electron chi connectivity index (χ3n) is 3.75. The van der Waals surface area contributed by atoms with Crippen molar-refractivity contribution in [3.05, 3.63) is 30.1 Å². The molecule has 1 aromatic carbocycles. The molecule has 0 aliphatic carbocycles. The van der Waals surface area contributed by atoms with Crippen molar-refractivity contribution in [3.63, 3.8) is 0 Å². The molecule has 1 aliphatic heterocycles. The van der Waals surface area contributed by atoms with E-state index in [1.54, 1.807) is 12.1 Å². The van der Waals surface area contributed by atoms with Crippen molar-refractivity contribution in [3.8, 4) is 0 Å². The number of likely N-dealkylation sites (tertiary alicyclic amines) is 1. The van der Waals surface area contributed by atoms with Gasteiger partial charge in [-0.05, 0) is 50.6 Å². The first-order valence-electron chi connectivity index (χ1n) is 7.11. The summed E-state index contributed by atoms with van der Waals surface area (Å²) >= 11 is 0. The molecule has 20 heavy (non-hydrogen) atoms. The van der Waals surface area contributed by atoms with E-state index in [1.165, 1.54) is 18.6 Å². The molecule has 1 aromatic rings. The molecule has 3 N–H and O–H groups in total. The van der Waals surface area contributed by atoms with Crippen LogP contribution in [0.2, 0.25) is 0 Å². The molecule has 1 saturated heterocycles. The van der Waals surface area contributed by atoms with Crippen LogP contribution in [0.3, 0.4) is 0 Å². The van der Waals surface area contributed by atoms with E-state index in [-0.39, 0.29) is 23.8 Å². The van der Waals surface area contributed by atoms with Gasteiger partial charge in [-0.25, -0.2) is 4.39 Å². The predicted molar refractivity (Wildman–Crippen MR) is 77.9 cm³/mol. The Bertz CT molecular complexity index is 447. The van der Waals surface area contributed by atoms with E-state index in [0.717, 1.165) is 19.4 Å². The summed E-state index contributed by atoms with van der Waals surface area (Å²) in [5.74, 6) is -0.389. The average Bonchev–Trinajstić information content (AvgIpc) is 2.41. The fourth-order valence-corrected chi connectivity index (χ4v) is 2.73. The van der Waals surface area contributed by atoms with Crippen LogP contribution in [-0.2, 0) is 4.79 Å². The molecule has 1 fully saturated rings. The summed E-state index contributed by atoms with van der Waals surface area (Å²) in [6.07, 6.45) is 3.32. The molecule has 1 amide bonds. The van der Waals surface area contributed by atoms with Crippen LogP contribution >= 0.6 is 0 Å². The third kappa shape index (κ3) is 4.02. The quantitative estimate of drug-likeness (QED) is 0.886. The van der Waals surface area contributed by atoms with Crippen LogP contribution in [0.1, 0.15) is 26.2 Å². The highest BCUT2D eigenvalue weighted by Crippen LogP contribution is 2.19. The Labute approximate surface area is 119 Å². The number of anilines is 1. The molecule has 2 unspecified atom stereocenters. The summed E-state index contributed by atoms with van der Waals surface area (Å²) in [4.78, 5) is 14.2. The molecule has 0 spiro atoms. The number of hydrogen-bond donors (Lipinski definition) is 2. The molecule has 1 heterocycles. The summed E-state index contributed by atoms with van der Waals surface area (Å²) in [5.41, 5.74) is 6.60. The van der Waals surface area contributed by atoms with Crippen LogP contribution in [0.4, 0.5) is 10.1 Å². The maximum absolute atomic E-state index is 12.8. The number of piperidine rings is 1. The zero-order chi connectivity index (χ0) is 14.5. The highest BCUT2D eigenvalue weighted by Gasteiger charge is 2.26. The van der Waals surface area contributed by atoms with Crippen molar-refractivity contribution < 1.29 is 9.18 Å². The third-order valence-corrected chi connectivity index (χ3v) is 3.75. The lowest BCUT2D eigenvalue weighted by Crippen LogP contribution is -2.51. The molecule has 0 bridgehead atoms. The van der Waals surface area contributed by atoms with Gasteiger partial charge < -0.3 is 11.1 Å². The number of nitrogens with two attached hydrogens (primary N) is 1. The fraction of sp³-hybridized carbons (Fsp3) is 0.533. The van der Waals surface area contributed by atoms with Crippen molar-refractivity contribution in [2.45, 2.75) is 38.3 Å². The van der Waals surface area contributed by atoms with Gasteiger partial charge in [0.05, 0.1) is 6.54 Å². The average molecular weight is 279 g/mol. The summed E-state index contributed by atoms with van der Waals surface area (Å²) in [6, 6.07) is 6.12. The summed E-state index contributed by atoms with van der Waals surface area (Å²) < 4.78 is 12.8. The summed E-state index contributed by atoms with van der Waals surface area (Å²) in [6.45, 7) is 3.23. The lowest BCUT2D eigenvalue weighted by atomic mass is 9.97. The molecular formula is C15H22FN3O. The van der Waals surface area contributed by atoms with E-state index in [9.17, 15) is 9.18 Å². The minimum absolute atomic E-state index is 0.0638. The largest absolute Gasteiger partial charge is 0.327 e. The predicted octanol–water partition coefficient (Wildman–Crippen LogP) is 1.97. The lowest BCUT2D eigenvalue weighted by Gasteiger charge is -2.37. The van der Waals surface area contributed by atoms with Gasteiger partial charge in [0.25, 0.3) is 0 Å². The summed E-state index contributed by atoms with van der Waals surface area (Å²) in [7, 11) is 0. The SMILES string of the molecule is CC(N)C1CCCCN1CC(=O)Nc1ccc(F)cc1. The van der Waals surface area contributed by atoms with Gasteiger partial charge in [-0.2, -0.15) is 0 Å². The van der Waals surface area contributed by atoms with E-state index in [0.29, 0.717) is 12.2 Å². The van der Waals surface area contributed by atoms with Crippen molar-refractivity contribution in [2.24, 2.45) is 5.73 Å². The Balaban J connectivity index is 1.91. The van der Waals surface area contributed by atoms with Crippen molar-refractivity contribution in [1.82, 2.24) is 4.90 Å². The zero-order valence-electron chi connectivity index (χ0n) is 11.8. The Morgan fingerprint density at radius 1 is 1.45 bits per heavy atom. The van der Waals surface area contributed by atoms with Gasteiger partial charge in [0, 0.05) is 17.8 Å². The Kier molecular flexibility index (Phi) is 5.09. The minimum Gasteiger partial charge on any atom is -0.327 e. The van der Waals surface area contributed by atoms with Crippen molar-refractivity contribution in [2.75, 3.05) is 18.4 Å². The van der Waals surface area contributed by atoms with Gasteiger partial charge in [0.15, 0.2) is 0 Å². The van der Waals surface area contributed by atoms with Gasteiger partial charge in [-0.15, -0.1) is 0 Å². The topological polar surface area (TPSA) is 58.4 Å². The number of carbonyl (C=O) groups is 1. The highest BCUT2D eigenvalue weighted by molar-refractivity contribution is 5.92. The van der Waals surface area contributed by atoms with E-state index in [1.807, 2.05) is 6.92 Å². The van der Waals surface area contributed by atoms with Crippen LogP contribution in [0.5, 0.6) is 0 Å². The van der Waals surface area contributed by atoms with Gasteiger partial charge in [0.1, 0.15) is 5.82 Å². The smallest absolute Gasteiger partial charge is 0.238 e. The first kappa shape index (κ1) is 14.9. The molecule has 5 heteroatoms. The second-order valence-electron chi connectivity index (χ2n) is 5.45. The second kappa shape index (κ2) is 6.81. The molecule has 2 rings (SSSR count). The number of rotatable bonds is 4. The Morgan fingerprint density at radius 2 is 2.15 bits per heavy atom. The fourth-order valence-electron chi connectivity index (χ4n) is 2.73. The Morgan fingerprint density at radius 3 is 2.80 bits per heavy atom. The van der Waals surface area contributed by atoms with Crippen LogP contribution in [0, 0.1) is 5.82 Å². The molecular weight excluding hydrogens is 257 g/mol. The van der Waals surface area contributed by atoms with E-state index in [4.69, 9.17) is 5.73 Å². The van der Waals surface area contributed by atoms with Crippen LogP contribution in [0.15, 0.2) is 24.3 Å². The second-order valence-corrected chi connectivity index (χ2v) is 5.45. The standard InChI is InChI=1S/C15H22FN3O/c1-11(17)14-4-2-3-9-19(14)10-15(20)18-13-7-5-12(16)6-8-13/h5-8,11,14H,2-4,9-10,17H2,1H3,(H,18,20). The number of carbonyl (C=O) groups excluding carboxylic acids is 1. The van der Waals surface area contributed by atoms with Crippen LogP contribution in [0.25, 0.3) is 0 Å². The lowest BCUT2D eigenvalue weighted by molar-refractivity contribution is -0.118. The normalized spacial score (nSPS) is 21.4. The van der Waals surface area contributed by atoms with Crippen LogP contribution in [-0.4, -0.2) is 36.0 Å². The first-order valence-corrected chi connectivity index (χ1v) is 7.11. The van der Waals surface area contributed by atoms with E-state index in [2.05, 4.69) is 10.2 Å². The highest BCUT2D eigenvalue weighted by atomic mass is 19.1. The van der Waals surface area contributed by atoms with Gasteiger partial charge in [-0.3, -0.25) is 9.69 Å². The van der Waals surface area contributed by atoms with E-state index < -0.39 is 0 Å². The number of amides is 1. The molecule has 110 valence electrons. The maximum Gasteiger partial charge on any atom is 0.238 e. The molecule has 0 radical (unpaired) electrons. The minimum atomic E-state index is -0.309. The number of nitrogens with one attached hydrogen (secondary N) is 1. The van der Waals surface area contributed by atoms with E-state index >= 15 is 0 Å². The zero-order valence-corrected chi connectivity index (χ0v) is 11.8. The van der Waals surface area contributed by atoms with Crippen LogP contribution < -0.4 is 11.1 Å². The van der Waals surface area contributed by atoms with Crippen molar-refractivity contribution >= 4 is 11.6 Å². The maximum atomic E-state index is 12.8. The van der Waals surface area contributed by atoms with Gasteiger partial charge in [-0.1, -0.05) is 6.42 Å². The number of benzene rings is 1. The van der Waals surface area contributed by atoms with Gasteiger partial charge >= 0.3 is 0 Å². The Hall–Kier alpha value is -1.46. The molecule has 4 nitrogen and oxygen atoms in total. The number of nitrogens with zero attached hydrogens (tertiary/aromatic N) is 1. The van der Waals surface area contributed by atoms with Crippen molar-refractivity contribution in [1.29, 1.82) is 0 Å². The molecule has 1 aliphatic rings. The number of hydrogen-bond acceptors (Lipinski definition) is 3. The number of halogens is 1. The first-order chi connectivity index (χ1) is 9.56.